The quantitative estimate of drug-likeness (QED) is 0.707. The van der Waals surface area contributed by atoms with Crippen LogP contribution in [-0.2, 0) is 0 Å². The van der Waals surface area contributed by atoms with E-state index < -0.39 is 6.10 Å². The zero-order chi connectivity index (χ0) is 14.4. The van der Waals surface area contributed by atoms with E-state index >= 15 is 0 Å². The fraction of sp³-hybridized carbons (Fsp3) is 0.533. The van der Waals surface area contributed by atoms with Crippen LogP contribution < -0.4 is 11.1 Å². The fourth-order valence-corrected chi connectivity index (χ4v) is 2.18. The topological polar surface area (TPSA) is 75.3 Å². The molecule has 1 aromatic carbocycles. The third kappa shape index (κ3) is 5.02. The maximum atomic E-state index is 12.0. The van der Waals surface area contributed by atoms with Gasteiger partial charge in [0.25, 0.3) is 5.91 Å². The van der Waals surface area contributed by atoms with Crippen molar-refractivity contribution >= 4 is 24.0 Å². The van der Waals surface area contributed by atoms with E-state index in [4.69, 9.17) is 5.73 Å². The molecule has 4 N–H and O–H groups in total. The number of nitrogens with one attached hydrogen (secondary N) is 1. The zero-order valence-electron chi connectivity index (χ0n) is 12.3. The van der Waals surface area contributed by atoms with Crippen LogP contribution >= 0.6 is 12.4 Å². The van der Waals surface area contributed by atoms with Crippen LogP contribution in [0.25, 0.3) is 0 Å². The van der Waals surface area contributed by atoms with Crippen LogP contribution in [-0.4, -0.2) is 23.7 Å². The summed E-state index contributed by atoms with van der Waals surface area (Å²) in [5.74, 6) is 0.0389. The highest BCUT2D eigenvalue weighted by molar-refractivity contribution is 5.96. The monoisotopic (exact) mass is 300 g/mol. The van der Waals surface area contributed by atoms with E-state index in [9.17, 15) is 9.90 Å². The lowest BCUT2D eigenvalue weighted by atomic mass is 9.96. The highest BCUT2D eigenvalue weighted by atomic mass is 35.5. The number of carbonyl (C=O) groups excluding carboxylic acids is 1. The predicted octanol–water partition coefficient (Wildman–Crippen LogP) is 2.53. The van der Waals surface area contributed by atoms with Crippen molar-refractivity contribution in [3.63, 3.8) is 0 Å². The average molecular weight is 301 g/mol. The molecule has 0 spiro atoms. The zero-order valence-corrected chi connectivity index (χ0v) is 13.2. The van der Waals surface area contributed by atoms with Crippen molar-refractivity contribution in [2.45, 2.75) is 39.7 Å². The number of anilines is 1. The van der Waals surface area contributed by atoms with Crippen molar-refractivity contribution in [1.82, 2.24) is 5.32 Å². The standard InChI is InChI=1S/C15H24N2O2.ClH/c1-4-11(5-2)14(18)9-17-15(19)13-8-12(16)7-6-10(13)3;/h6-8,11,14,18H,4-5,9,16H2,1-3H3,(H,17,19);1H. The van der Waals surface area contributed by atoms with Gasteiger partial charge in [0.05, 0.1) is 6.10 Å². The summed E-state index contributed by atoms with van der Waals surface area (Å²) in [6.45, 7) is 6.23. The van der Waals surface area contributed by atoms with E-state index in [-0.39, 0.29) is 30.8 Å². The van der Waals surface area contributed by atoms with Crippen LogP contribution in [0.2, 0.25) is 0 Å². The van der Waals surface area contributed by atoms with Crippen molar-refractivity contribution in [2.75, 3.05) is 12.3 Å². The molecule has 114 valence electrons. The predicted molar refractivity (Wildman–Crippen MR) is 85.3 cm³/mol. The second-order valence-electron chi connectivity index (χ2n) is 4.93. The lowest BCUT2D eigenvalue weighted by Gasteiger charge is -2.20. The average Bonchev–Trinajstić information content (AvgIpc) is 2.40. The van der Waals surface area contributed by atoms with Gasteiger partial charge >= 0.3 is 0 Å². The first kappa shape index (κ1) is 18.7. The van der Waals surface area contributed by atoms with Gasteiger partial charge < -0.3 is 16.2 Å². The van der Waals surface area contributed by atoms with Crippen molar-refractivity contribution < 1.29 is 9.90 Å². The summed E-state index contributed by atoms with van der Waals surface area (Å²) in [7, 11) is 0. The number of amides is 1. The van der Waals surface area contributed by atoms with Crippen LogP contribution in [0.15, 0.2) is 18.2 Å². The Morgan fingerprint density at radius 2 is 1.95 bits per heavy atom. The van der Waals surface area contributed by atoms with Crippen molar-refractivity contribution in [1.29, 1.82) is 0 Å². The second kappa shape index (κ2) is 8.82. The van der Waals surface area contributed by atoms with Gasteiger partial charge in [0.1, 0.15) is 0 Å². The molecule has 0 aliphatic carbocycles. The molecule has 0 fully saturated rings. The molecule has 0 aromatic heterocycles. The molecule has 5 heteroatoms. The van der Waals surface area contributed by atoms with E-state index in [1.165, 1.54) is 0 Å². The molecule has 0 aliphatic heterocycles. The molecule has 1 amide bonds. The molecular formula is C15H25ClN2O2. The summed E-state index contributed by atoms with van der Waals surface area (Å²) >= 11 is 0. The molecular weight excluding hydrogens is 276 g/mol. The number of aliphatic hydroxyl groups excluding tert-OH is 1. The lowest BCUT2D eigenvalue weighted by molar-refractivity contribution is 0.0816. The Morgan fingerprint density at radius 3 is 2.50 bits per heavy atom. The molecule has 0 aliphatic rings. The summed E-state index contributed by atoms with van der Waals surface area (Å²) in [5.41, 5.74) is 7.69. The maximum absolute atomic E-state index is 12.0. The fourth-order valence-electron chi connectivity index (χ4n) is 2.18. The molecule has 0 heterocycles. The summed E-state index contributed by atoms with van der Waals surface area (Å²) in [6, 6.07) is 5.25. The first-order valence-electron chi connectivity index (χ1n) is 6.81. The summed E-state index contributed by atoms with van der Waals surface area (Å²) in [5, 5.41) is 12.8. The third-order valence-electron chi connectivity index (χ3n) is 3.57. The van der Waals surface area contributed by atoms with E-state index in [2.05, 4.69) is 5.32 Å². The van der Waals surface area contributed by atoms with Gasteiger partial charge in [0.2, 0.25) is 0 Å². The molecule has 0 saturated heterocycles. The molecule has 20 heavy (non-hydrogen) atoms. The van der Waals surface area contributed by atoms with Gasteiger partial charge in [-0.25, -0.2) is 0 Å². The summed E-state index contributed by atoms with van der Waals surface area (Å²) < 4.78 is 0. The van der Waals surface area contributed by atoms with Crippen molar-refractivity contribution in [3.8, 4) is 0 Å². The highest BCUT2D eigenvalue weighted by Gasteiger charge is 2.17. The van der Waals surface area contributed by atoms with Crippen LogP contribution in [0.3, 0.4) is 0 Å². The van der Waals surface area contributed by atoms with Gasteiger partial charge in [0.15, 0.2) is 0 Å². The summed E-state index contributed by atoms with van der Waals surface area (Å²) in [4.78, 5) is 12.0. The number of hydrogen-bond acceptors (Lipinski definition) is 3. The first-order chi connectivity index (χ1) is 8.99. The number of hydrogen-bond donors (Lipinski definition) is 3. The molecule has 1 atom stereocenters. The number of aliphatic hydroxyl groups is 1. The van der Waals surface area contributed by atoms with Gasteiger partial charge in [-0.2, -0.15) is 0 Å². The van der Waals surface area contributed by atoms with Crippen LogP contribution in [0, 0.1) is 12.8 Å². The lowest BCUT2D eigenvalue weighted by Crippen LogP contribution is -2.36. The van der Waals surface area contributed by atoms with E-state index in [1.54, 1.807) is 12.1 Å². The van der Waals surface area contributed by atoms with Crippen LogP contribution in [0.5, 0.6) is 0 Å². The van der Waals surface area contributed by atoms with E-state index in [0.717, 1.165) is 18.4 Å². The molecule has 0 bridgehead atoms. The molecule has 0 radical (unpaired) electrons. The summed E-state index contributed by atoms with van der Waals surface area (Å²) in [6.07, 6.45) is 1.32. The van der Waals surface area contributed by atoms with E-state index in [0.29, 0.717) is 11.3 Å². The minimum absolute atomic E-state index is 0. The van der Waals surface area contributed by atoms with Crippen molar-refractivity contribution in [3.05, 3.63) is 29.3 Å². The first-order valence-corrected chi connectivity index (χ1v) is 6.81. The Labute approximate surface area is 127 Å². The SMILES string of the molecule is CCC(CC)C(O)CNC(=O)c1cc(N)ccc1C.Cl. The Kier molecular flexibility index (Phi) is 8.26. The molecule has 1 unspecified atom stereocenters. The normalized spacial score (nSPS) is 11.8. The third-order valence-corrected chi connectivity index (χ3v) is 3.57. The van der Waals surface area contributed by atoms with Crippen LogP contribution in [0.1, 0.15) is 42.6 Å². The molecule has 4 nitrogen and oxygen atoms in total. The number of benzene rings is 1. The minimum Gasteiger partial charge on any atom is -0.399 e. The van der Waals surface area contributed by atoms with Gasteiger partial charge in [0, 0.05) is 17.8 Å². The van der Waals surface area contributed by atoms with Gasteiger partial charge in [-0.05, 0) is 30.5 Å². The van der Waals surface area contributed by atoms with Crippen molar-refractivity contribution in [2.24, 2.45) is 5.92 Å². The van der Waals surface area contributed by atoms with Gasteiger partial charge in [-0.15, -0.1) is 12.4 Å². The number of nitrogen functional groups attached to an aromatic ring is 1. The maximum Gasteiger partial charge on any atom is 0.251 e. The number of aryl methyl sites for hydroxylation is 1. The van der Waals surface area contributed by atoms with Crippen LogP contribution in [0.4, 0.5) is 5.69 Å². The second-order valence-corrected chi connectivity index (χ2v) is 4.93. The highest BCUT2D eigenvalue weighted by Crippen LogP contribution is 2.14. The van der Waals surface area contributed by atoms with Gasteiger partial charge in [-0.3, -0.25) is 4.79 Å². The smallest absolute Gasteiger partial charge is 0.251 e. The number of nitrogens with two attached hydrogens (primary N) is 1. The van der Waals surface area contributed by atoms with Gasteiger partial charge in [-0.1, -0.05) is 32.8 Å². The molecule has 0 saturated carbocycles. The Hall–Kier alpha value is -1.26. The molecule has 1 aromatic rings. The number of rotatable bonds is 6. The number of carbonyl (C=O) groups is 1. The largest absolute Gasteiger partial charge is 0.399 e. The molecule has 1 rings (SSSR count). The van der Waals surface area contributed by atoms with E-state index in [1.807, 2.05) is 26.8 Å². The Balaban J connectivity index is 0.00000361. The minimum atomic E-state index is -0.500. The number of halogens is 1. The Bertz CT molecular complexity index is 434. The Morgan fingerprint density at radius 1 is 1.35 bits per heavy atom.